The summed E-state index contributed by atoms with van der Waals surface area (Å²) in [6, 6.07) is 4.87. The normalized spacial score (nSPS) is 15.6. The van der Waals surface area contributed by atoms with Gasteiger partial charge >= 0.3 is 0 Å². The van der Waals surface area contributed by atoms with Crippen molar-refractivity contribution in [1.82, 2.24) is 10.6 Å². The van der Waals surface area contributed by atoms with E-state index >= 15 is 0 Å². The summed E-state index contributed by atoms with van der Waals surface area (Å²) >= 11 is 0. The SMILES string of the molecule is COc1ccc(CCNC(=O)C(C)C2CNC2)cc1F.Cl. The summed E-state index contributed by atoms with van der Waals surface area (Å²) in [4.78, 5) is 11.9. The zero-order chi connectivity index (χ0) is 14.5. The number of ether oxygens (including phenoxy) is 1. The number of carbonyl (C=O) groups is 1. The summed E-state index contributed by atoms with van der Waals surface area (Å²) in [5.74, 6) is 0.414. The first kappa shape index (κ1) is 17.7. The van der Waals surface area contributed by atoms with Crippen LogP contribution in [-0.4, -0.2) is 32.7 Å². The maximum absolute atomic E-state index is 13.5. The Hall–Kier alpha value is -1.33. The van der Waals surface area contributed by atoms with Crippen LogP contribution in [0.4, 0.5) is 4.39 Å². The molecule has 1 saturated heterocycles. The molecule has 0 spiro atoms. The lowest BCUT2D eigenvalue weighted by Gasteiger charge is -2.31. The lowest BCUT2D eigenvalue weighted by molar-refractivity contribution is -0.126. The summed E-state index contributed by atoms with van der Waals surface area (Å²) in [6.07, 6.45) is 0.613. The molecule has 21 heavy (non-hydrogen) atoms. The van der Waals surface area contributed by atoms with Crippen molar-refractivity contribution in [1.29, 1.82) is 0 Å². The number of nitrogens with one attached hydrogen (secondary N) is 2. The molecule has 1 amide bonds. The minimum Gasteiger partial charge on any atom is -0.494 e. The van der Waals surface area contributed by atoms with E-state index < -0.39 is 0 Å². The van der Waals surface area contributed by atoms with Crippen LogP contribution < -0.4 is 15.4 Å². The maximum Gasteiger partial charge on any atom is 0.223 e. The van der Waals surface area contributed by atoms with Crippen LogP contribution in [0, 0.1) is 17.7 Å². The van der Waals surface area contributed by atoms with Gasteiger partial charge in [0.15, 0.2) is 11.6 Å². The van der Waals surface area contributed by atoms with Gasteiger partial charge in [-0.15, -0.1) is 12.4 Å². The molecule has 118 valence electrons. The molecule has 0 saturated carbocycles. The molecule has 1 unspecified atom stereocenters. The van der Waals surface area contributed by atoms with Gasteiger partial charge in [0.2, 0.25) is 5.91 Å². The second kappa shape index (κ2) is 8.20. The van der Waals surface area contributed by atoms with Gasteiger partial charge in [0.1, 0.15) is 0 Å². The quantitative estimate of drug-likeness (QED) is 0.841. The second-order valence-corrected chi connectivity index (χ2v) is 5.22. The summed E-state index contributed by atoms with van der Waals surface area (Å²) in [7, 11) is 1.44. The minimum atomic E-state index is -0.370. The van der Waals surface area contributed by atoms with Crippen LogP contribution in [-0.2, 0) is 11.2 Å². The average molecular weight is 317 g/mol. The highest BCUT2D eigenvalue weighted by Gasteiger charge is 2.28. The maximum atomic E-state index is 13.5. The van der Waals surface area contributed by atoms with Gasteiger partial charge in [-0.25, -0.2) is 4.39 Å². The molecule has 0 radical (unpaired) electrons. The van der Waals surface area contributed by atoms with Crippen molar-refractivity contribution in [3.8, 4) is 5.75 Å². The number of carbonyl (C=O) groups excluding carboxylic acids is 1. The molecule has 0 aromatic heterocycles. The van der Waals surface area contributed by atoms with Gasteiger partial charge in [0.25, 0.3) is 0 Å². The van der Waals surface area contributed by atoms with Crippen LogP contribution in [0.2, 0.25) is 0 Å². The molecule has 1 atom stereocenters. The molecule has 1 aromatic carbocycles. The van der Waals surface area contributed by atoms with E-state index in [0.29, 0.717) is 18.9 Å². The molecule has 1 fully saturated rings. The molecule has 1 aliphatic rings. The lowest BCUT2D eigenvalue weighted by atomic mass is 9.88. The summed E-state index contributed by atoms with van der Waals surface area (Å²) < 4.78 is 18.4. The zero-order valence-electron chi connectivity index (χ0n) is 12.3. The molecule has 2 rings (SSSR count). The molecule has 4 nitrogen and oxygen atoms in total. The van der Waals surface area contributed by atoms with Gasteiger partial charge in [-0.2, -0.15) is 0 Å². The molecular formula is C15H22ClFN2O2. The Morgan fingerprint density at radius 3 is 2.76 bits per heavy atom. The Bertz CT molecular complexity index is 481. The summed E-state index contributed by atoms with van der Waals surface area (Å²) in [6.45, 7) is 4.31. The first-order valence-electron chi connectivity index (χ1n) is 6.92. The summed E-state index contributed by atoms with van der Waals surface area (Å²) in [5.41, 5.74) is 0.849. The number of hydrogen-bond donors (Lipinski definition) is 2. The highest BCUT2D eigenvalue weighted by Crippen LogP contribution is 2.18. The van der Waals surface area contributed by atoms with Gasteiger partial charge in [-0.3, -0.25) is 4.79 Å². The Kier molecular flexibility index (Phi) is 6.92. The number of methoxy groups -OCH3 is 1. The average Bonchev–Trinajstić information content (AvgIpc) is 2.36. The van der Waals surface area contributed by atoms with Crippen molar-refractivity contribution in [3.05, 3.63) is 29.6 Å². The molecule has 0 bridgehead atoms. The third kappa shape index (κ3) is 4.58. The van der Waals surface area contributed by atoms with E-state index in [2.05, 4.69) is 10.6 Å². The van der Waals surface area contributed by atoms with Crippen LogP contribution in [0.25, 0.3) is 0 Å². The third-order valence-corrected chi connectivity index (χ3v) is 3.86. The fourth-order valence-corrected chi connectivity index (χ4v) is 2.24. The smallest absolute Gasteiger partial charge is 0.223 e. The van der Waals surface area contributed by atoms with Crippen LogP contribution in [0.5, 0.6) is 5.75 Å². The van der Waals surface area contributed by atoms with Crippen molar-refractivity contribution >= 4 is 18.3 Å². The van der Waals surface area contributed by atoms with Crippen molar-refractivity contribution in [2.24, 2.45) is 11.8 Å². The van der Waals surface area contributed by atoms with Crippen LogP contribution >= 0.6 is 12.4 Å². The Labute approximate surface area is 130 Å². The van der Waals surface area contributed by atoms with E-state index in [1.54, 1.807) is 6.07 Å². The van der Waals surface area contributed by atoms with Crippen molar-refractivity contribution in [2.45, 2.75) is 13.3 Å². The molecule has 1 aliphatic heterocycles. The zero-order valence-corrected chi connectivity index (χ0v) is 13.1. The van der Waals surface area contributed by atoms with Crippen LogP contribution in [0.15, 0.2) is 18.2 Å². The minimum absolute atomic E-state index is 0. The van der Waals surface area contributed by atoms with E-state index in [4.69, 9.17) is 4.74 Å². The first-order valence-corrected chi connectivity index (χ1v) is 6.92. The van der Waals surface area contributed by atoms with Gasteiger partial charge < -0.3 is 15.4 Å². The van der Waals surface area contributed by atoms with Crippen molar-refractivity contribution < 1.29 is 13.9 Å². The van der Waals surface area contributed by atoms with E-state index in [-0.39, 0.29) is 35.8 Å². The number of hydrogen-bond acceptors (Lipinski definition) is 3. The number of halogens is 2. The monoisotopic (exact) mass is 316 g/mol. The van der Waals surface area contributed by atoms with E-state index in [1.165, 1.54) is 13.2 Å². The second-order valence-electron chi connectivity index (χ2n) is 5.22. The molecular weight excluding hydrogens is 295 g/mol. The largest absolute Gasteiger partial charge is 0.494 e. The molecule has 6 heteroatoms. The fourth-order valence-electron chi connectivity index (χ4n) is 2.24. The number of amides is 1. The fraction of sp³-hybridized carbons (Fsp3) is 0.533. The first-order chi connectivity index (χ1) is 9.61. The highest BCUT2D eigenvalue weighted by atomic mass is 35.5. The molecule has 1 heterocycles. The lowest BCUT2D eigenvalue weighted by Crippen LogP contribution is -2.49. The molecule has 0 aliphatic carbocycles. The Morgan fingerprint density at radius 2 is 2.24 bits per heavy atom. The Balaban J connectivity index is 0.00000220. The van der Waals surface area contributed by atoms with Gasteiger partial charge in [0.05, 0.1) is 7.11 Å². The Morgan fingerprint density at radius 1 is 1.52 bits per heavy atom. The topological polar surface area (TPSA) is 50.4 Å². The van der Waals surface area contributed by atoms with Gasteiger partial charge in [-0.1, -0.05) is 13.0 Å². The predicted octanol–water partition coefficient (Wildman–Crippen LogP) is 1.77. The summed E-state index contributed by atoms with van der Waals surface area (Å²) in [5, 5.41) is 6.07. The van der Waals surface area contributed by atoms with E-state index in [9.17, 15) is 9.18 Å². The van der Waals surface area contributed by atoms with Gasteiger partial charge in [-0.05, 0) is 43.1 Å². The predicted molar refractivity (Wildman–Crippen MR) is 82.4 cm³/mol. The van der Waals surface area contributed by atoms with E-state index in [1.807, 2.05) is 13.0 Å². The van der Waals surface area contributed by atoms with Crippen molar-refractivity contribution in [3.63, 3.8) is 0 Å². The van der Waals surface area contributed by atoms with Gasteiger partial charge in [0, 0.05) is 12.5 Å². The highest BCUT2D eigenvalue weighted by molar-refractivity contribution is 5.85. The van der Waals surface area contributed by atoms with Crippen LogP contribution in [0.1, 0.15) is 12.5 Å². The molecule has 2 N–H and O–H groups in total. The number of rotatable bonds is 6. The molecule has 1 aromatic rings. The van der Waals surface area contributed by atoms with E-state index in [0.717, 1.165) is 18.7 Å². The van der Waals surface area contributed by atoms with Crippen LogP contribution in [0.3, 0.4) is 0 Å². The third-order valence-electron chi connectivity index (χ3n) is 3.86. The standard InChI is InChI=1S/C15H21FN2O2.ClH/c1-10(12-8-17-9-12)15(19)18-6-5-11-3-4-14(20-2)13(16)7-11;/h3-4,7,10,12,17H,5-6,8-9H2,1-2H3,(H,18,19);1H. The number of benzene rings is 1. The van der Waals surface area contributed by atoms with Crippen molar-refractivity contribution in [2.75, 3.05) is 26.7 Å².